The lowest BCUT2D eigenvalue weighted by Crippen LogP contribution is -2.47. The molecule has 0 aliphatic carbocycles. The van der Waals surface area contributed by atoms with E-state index in [2.05, 4.69) is 26.1 Å². The zero-order valence-electron chi connectivity index (χ0n) is 16.1. The minimum absolute atomic E-state index is 0.00969. The van der Waals surface area contributed by atoms with Gasteiger partial charge in [0, 0.05) is 26.2 Å². The Balaban J connectivity index is 1.93. The summed E-state index contributed by atoms with van der Waals surface area (Å²) >= 11 is 0. The van der Waals surface area contributed by atoms with Crippen molar-refractivity contribution < 1.29 is 14.3 Å². The highest BCUT2D eigenvalue weighted by Crippen LogP contribution is 2.31. The molecule has 0 bridgehead atoms. The molecule has 6 heteroatoms. The molecule has 2 rings (SSSR count). The molecule has 1 unspecified atom stereocenters. The maximum absolute atomic E-state index is 12.6. The Hall–Kier alpha value is -2.08. The molecule has 0 radical (unpaired) electrons. The van der Waals surface area contributed by atoms with Crippen LogP contribution >= 0.6 is 0 Å². The molecule has 0 aromatic heterocycles. The number of nitrogens with two attached hydrogens (primary N) is 1. The average molecular weight is 361 g/mol. The van der Waals surface area contributed by atoms with E-state index >= 15 is 0 Å². The Morgan fingerprint density at radius 2 is 2.04 bits per heavy atom. The summed E-state index contributed by atoms with van der Waals surface area (Å²) in [5, 5.41) is 2.81. The minimum atomic E-state index is -0.166. The van der Waals surface area contributed by atoms with Gasteiger partial charge in [-0.15, -0.1) is 0 Å². The van der Waals surface area contributed by atoms with E-state index in [0.717, 1.165) is 24.2 Å². The van der Waals surface area contributed by atoms with E-state index in [4.69, 9.17) is 10.5 Å². The van der Waals surface area contributed by atoms with Gasteiger partial charge in [-0.05, 0) is 29.9 Å². The molecule has 1 heterocycles. The van der Waals surface area contributed by atoms with Gasteiger partial charge in [0.05, 0.1) is 5.92 Å². The van der Waals surface area contributed by atoms with Gasteiger partial charge in [0.1, 0.15) is 5.75 Å². The number of amides is 2. The third-order valence-electron chi connectivity index (χ3n) is 4.63. The average Bonchev–Trinajstić information content (AvgIpc) is 2.63. The fraction of sp³-hybridized carbons (Fsp3) is 0.600. The molecule has 1 aliphatic rings. The first-order chi connectivity index (χ1) is 12.3. The van der Waals surface area contributed by atoms with Crippen LogP contribution in [0.1, 0.15) is 39.2 Å². The molecular formula is C20H31N3O3. The molecule has 1 aromatic carbocycles. The first-order valence-corrected chi connectivity index (χ1v) is 9.30. The highest BCUT2D eigenvalue weighted by molar-refractivity contribution is 5.82. The lowest BCUT2D eigenvalue weighted by atomic mass is 9.86. The maximum atomic E-state index is 12.6. The topological polar surface area (TPSA) is 84.7 Å². The second-order valence-corrected chi connectivity index (χ2v) is 7.79. The second kappa shape index (κ2) is 9.03. The summed E-state index contributed by atoms with van der Waals surface area (Å²) in [5.74, 6) is 0.473. The van der Waals surface area contributed by atoms with Crippen LogP contribution in [0.15, 0.2) is 24.3 Å². The standard InChI is InChI=1S/C20H31N3O3/c1-20(2,3)16-8-4-5-9-17(16)26-14-18(24)23-12-6-7-15(13-23)19(25)22-11-10-21/h4-5,8-9,15H,6-7,10-14,21H2,1-3H3,(H,22,25). The van der Waals surface area contributed by atoms with Crippen LogP contribution < -0.4 is 15.8 Å². The Morgan fingerprint density at radius 1 is 1.31 bits per heavy atom. The van der Waals surface area contributed by atoms with E-state index in [-0.39, 0.29) is 29.8 Å². The highest BCUT2D eigenvalue weighted by atomic mass is 16.5. The molecule has 1 aliphatic heterocycles. The lowest BCUT2D eigenvalue weighted by Gasteiger charge is -2.32. The molecule has 1 fully saturated rings. The van der Waals surface area contributed by atoms with E-state index < -0.39 is 0 Å². The number of likely N-dealkylation sites (tertiary alicyclic amines) is 1. The van der Waals surface area contributed by atoms with Crippen molar-refractivity contribution in [3.63, 3.8) is 0 Å². The largest absolute Gasteiger partial charge is 0.483 e. The number of para-hydroxylation sites is 1. The molecule has 144 valence electrons. The van der Waals surface area contributed by atoms with Crippen molar-refractivity contribution in [3.8, 4) is 5.75 Å². The number of benzene rings is 1. The van der Waals surface area contributed by atoms with Gasteiger partial charge < -0.3 is 20.7 Å². The van der Waals surface area contributed by atoms with Crippen molar-refractivity contribution in [1.29, 1.82) is 0 Å². The number of piperidine rings is 1. The number of ether oxygens (including phenoxy) is 1. The zero-order chi connectivity index (χ0) is 19.2. The number of hydrogen-bond acceptors (Lipinski definition) is 4. The van der Waals surface area contributed by atoms with Gasteiger partial charge in [0.2, 0.25) is 5.91 Å². The fourth-order valence-corrected chi connectivity index (χ4v) is 3.20. The Morgan fingerprint density at radius 3 is 2.73 bits per heavy atom. The predicted molar refractivity (Wildman–Crippen MR) is 102 cm³/mol. The number of carbonyl (C=O) groups excluding carboxylic acids is 2. The van der Waals surface area contributed by atoms with Crippen LogP contribution in [0.4, 0.5) is 0 Å². The van der Waals surface area contributed by atoms with Crippen molar-refractivity contribution in [2.75, 3.05) is 32.8 Å². The predicted octanol–water partition coefficient (Wildman–Crippen LogP) is 1.68. The van der Waals surface area contributed by atoms with Crippen LogP contribution in [-0.4, -0.2) is 49.5 Å². The number of hydrogen-bond donors (Lipinski definition) is 2. The van der Waals surface area contributed by atoms with Gasteiger partial charge in [0.15, 0.2) is 6.61 Å². The SMILES string of the molecule is CC(C)(C)c1ccccc1OCC(=O)N1CCCC(C(=O)NCCN)C1. The molecule has 6 nitrogen and oxygen atoms in total. The van der Waals surface area contributed by atoms with Gasteiger partial charge in [-0.2, -0.15) is 0 Å². The van der Waals surface area contributed by atoms with Crippen LogP contribution in [0.5, 0.6) is 5.75 Å². The number of nitrogens with zero attached hydrogens (tertiary/aromatic N) is 1. The van der Waals surface area contributed by atoms with Gasteiger partial charge in [-0.3, -0.25) is 9.59 Å². The number of carbonyl (C=O) groups is 2. The van der Waals surface area contributed by atoms with Crippen LogP contribution in [0.3, 0.4) is 0 Å². The fourth-order valence-electron chi connectivity index (χ4n) is 3.20. The molecule has 1 atom stereocenters. The van der Waals surface area contributed by atoms with Crippen molar-refractivity contribution in [1.82, 2.24) is 10.2 Å². The van der Waals surface area contributed by atoms with Crippen molar-refractivity contribution in [2.45, 2.75) is 39.0 Å². The van der Waals surface area contributed by atoms with E-state index in [1.165, 1.54) is 0 Å². The highest BCUT2D eigenvalue weighted by Gasteiger charge is 2.28. The summed E-state index contributed by atoms with van der Waals surface area (Å²) < 4.78 is 5.83. The van der Waals surface area contributed by atoms with Crippen molar-refractivity contribution in [3.05, 3.63) is 29.8 Å². The molecule has 26 heavy (non-hydrogen) atoms. The third kappa shape index (κ3) is 5.46. The normalized spacial score (nSPS) is 17.7. The summed E-state index contributed by atoms with van der Waals surface area (Å²) in [7, 11) is 0. The van der Waals surface area contributed by atoms with E-state index in [1.54, 1.807) is 4.90 Å². The van der Waals surface area contributed by atoms with Crippen LogP contribution in [0, 0.1) is 5.92 Å². The van der Waals surface area contributed by atoms with Crippen molar-refractivity contribution >= 4 is 11.8 Å². The first kappa shape index (κ1) is 20.2. The zero-order valence-corrected chi connectivity index (χ0v) is 16.1. The molecule has 1 saturated heterocycles. The van der Waals surface area contributed by atoms with Gasteiger partial charge in [-0.25, -0.2) is 0 Å². The monoisotopic (exact) mass is 361 g/mol. The van der Waals surface area contributed by atoms with Gasteiger partial charge in [0.25, 0.3) is 5.91 Å². The lowest BCUT2D eigenvalue weighted by molar-refractivity contribution is -0.137. The molecule has 0 saturated carbocycles. The third-order valence-corrected chi connectivity index (χ3v) is 4.63. The number of rotatable bonds is 6. The van der Waals surface area contributed by atoms with Gasteiger partial charge in [-0.1, -0.05) is 39.0 Å². The van der Waals surface area contributed by atoms with Crippen LogP contribution in [-0.2, 0) is 15.0 Å². The summed E-state index contributed by atoms with van der Waals surface area (Å²) in [6, 6.07) is 7.81. The van der Waals surface area contributed by atoms with E-state index in [1.807, 2.05) is 24.3 Å². The second-order valence-electron chi connectivity index (χ2n) is 7.79. The first-order valence-electron chi connectivity index (χ1n) is 9.30. The van der Waals surface area contributed by atoms with Gasteiger partial charge >= 0.3 is 0 Å². The maximum Gasteiger partial charge on any atom is 0.260 e. The molecule has 1 aromatic rings. The number of nitrogens with one attached hydrogen (secondary N) is 1. The quantitative estimate of drug-likeness (QED) is 0.807. The van der Waals surface area contributed by atoms with Crippen molar-refractivity contribution in [2.24, 2.45) is 11.7 Å². The Bertz CT molecular complexity index is 625. The Kier molecular flexibility index (Phi) is 7.03. The minimum Gasteiger partial charge on any atom is -0.483 e. The summed E-state index contributed by atoms with van der Waals surface area (Å²) in [5.41, 5.74) is 6.44. The van der Waals surface area contributed by atoms with E-state index in [9.17, 15) is 9.59 Å². The molecule has 3 N–H and O–H groups in total. The molecule has 0 spiro atoms. The molecular weight excluding hydrogens is 330 g/mol. The summed E-state index contributed by atoms with van der Waals surface area (Å²) in [6.07, 6.45) is 1.62. The van der Waals surface area contributed by atoms with Crippen LogP contribution in [0.25, 0.3) is 0 Å². The summed E-state index contributed by atoms with van der Waals surface area (Å²) in [6.45, 7) is 8.34. The Labute approximate surface area is 156 Å². The summed E-state index contributed by atoms with van der Waals surface area (Å²) in [4.78, 5) is 26.4. The molecule has 2 amide bonds. The van der Waals surface area contributed by atoms with Crippen LogP contribution in [0.2, 0.25) is 0 Å². The van der Waals surface area contributed by atoms with E-state index in [0.29, 0.717) is 26.2 Å². The smallest absolute Gasteiger partial charge is 0.260 e.